The number of nitrogens with zero attached hydrogens (tertiary/aromatic N) is 2. The molecule has 0 radical (unpaired) electrons. The Morgan fingerprint density at radius 1 is 0.917 bits per heavy atom. The molecule has 1 aromatic heterocycles. The molecule has 3 aromatic rings. The number of amides is 1. The van der Waals surface area contributed by atoms with E-state index in [-0.39, 0.29) is 17.7 Å². The third-order valence-electron chi connectivity index (χ3n) is 3.29. The first-order valence-electron chi connectivity index (χ1n) is 7.33. The molecule has 1 N–H and O–H groups in total. The van der Waals surface area contributed by atoms with Crippen LogP contribution in [0.2, 0.25) is 0 Å². The summed E-state index contributed by atoms with van der Waals surface area (Å²) in [6.07, 6.45) is 6.29. The summed E-state index contributed by atoms with van der Waals surface area (Å²) >= 11 is 0. The lowest BCUT2D eigenvalue weighted by Gasteiger charge is -2.03. The molecule has 0 aliphatic heterocycles. The maximum atomic E-state index is 12.9. The summed E-state index contributed by atoms with van der Waals surface area (Å²) in [5.74, 6) is -0.397. The summed E-state index contributed by atoms with van der Waals surface area (Å²) in [6, 6.07) is 15.6. The molecule has 0 bridgehead atoms. The second-order valence-electron chi connectivity index (χ2n) is 5.04. The Morgan fingerprint density at radius 3 is 2.25 bits per heavy atom. The number of hydrogen-bond donors (Lipinski definition) is 1. The Bertz CT molecular complexity index is 844. The van der Waals surface area contributed by atoms with Gasteiger partial charge in [0, 0.05) is 24.0 Å². The van der Waals surface area contributed by atoms with E-state index in [0.717, 1.165) is 16.7 Å². The Labute approximate surface area is 138 Å². The van der Waals surface area contributed by atoms with Crippen molar-refractivity contribution in [2.24, 2.45) is 0 Å². The zero-order valence-electron chi connectivity index (χ0n) is 12.7. The van der Waals surface area contributed by atoms with Gasteiger partial charge in [-0.25, -0.2) is 14.4 Å². The highest BCUT2D eigenvalue weighted by Gasteiger charge is 2.03. The molecule has 0 unspecified atom stereocenters. The van der Waals surface area contributed by atoms with Gasteiger partial charge in [-0.2, -0.15) is 0 Å². The van der Waals surface area contributed by atoms with Crippen molar-refractivity contribution >= 4 is 17.9 Å². The highest BCUT2D eigenvalue weighted by molar-refractivity contribution is 6.00. The van der Waals surface area contributed by atoms with Crippen LogP contribution in [0.4, 0.5) is 10.3 Å². The van der Waals surface area contributed by atoms with Crippen molar-refractivity contribution in [2.45, 2.75) is 0 Å². The van der Waals surface area contributed by atoms with Crippen molar-refractivity contribution in [3.05, 3.63) is 84.4 Å². The zero-order valence-corrected chi connectivity index (χ0v) is 12.7. The molecule has 1 heterocycles. The van der Waals surface area contributed by atoms with Crippen LogP contribution in [0.5, 0.6) is 0 Å². The third-order valence-corrected chi connectivity index (χ3v) is 3.29. The molecular weight excluding hydrogens is 305 g/mol. The first-order valence-corrected chi connectivity index (χ1v) is 7.33. The molecule has 0 spiro atoms. The fourth-order valence-electron chi connectivity index (χ4n) is 2.07. The summed E-state index contributed by atoms with van der Waals surface area (Å²) in [4.78, 5) is 20.1. The van der Waals surface area contributed by atoms with E-state index in [1.54, 1.807) is 30.6 Å². The minimum atomic E-state index is -0.312. The van der Waals surface area contributed by atoms with Gasteiger partial charge in [-0.1, -0.05) is 42.5 Å². The van der Waals surface area contributed by atoms with E-state index in [1.807, 2.05) is 30.3 Å². The molecule has 0 aliphatic rings. The van der Waals surface area contributed by atoms with Crippen molar-refractivity contribution in [1.82, 2.24) is 9.97 Å². The first kappa shape index (κ1) is 15.6. The smallest absolute Gasteiger partial charge is 0.250 e. The molecule has 0 saturated heterocycles. The maximum absolute atomic E-state index is 12.9. The number of halogens is 1. The van der Waals surface area contributed by atoms with Gasteiger partial charge in [0.2, 0.25) is 5.95 Å². The summed E-state index contributed by atoms with van der Waals surface area (Å²) in [5, 5.41) is 2.59. The van der Waals surface area contributed by atoms with Crippen LogP contribution in [-0.4, -0.2) is 15.9 Å². The Balaban J connectivity index is 1.64. The quantitative estimate of drug-likeness (QED) is 0.741. The standard InChI is InChI=1S/C19H14FN3O/c20-17-9-7-15(8-10-17)16-12-21-19(22-13-16)23-18(24)11-6-14-4-2-1-3-5-14/h1-13H,(H,21,22,23,24)/b11-6+. The number of anilines is 1. The van der Waals surface area contributed by atoms with E-state index < -0.39 is 0 Å². The van der Waals surface area contributed by atoms with Crippen molar-refractivity contribution in [1.29, 1.82) is 0 Å². The second-order valence-corrected chi connectivity index (χ2v) is 5.04. The predicted molar refractivity (Wildman–Crippen MR) is 91.5 cm³/mol. The average Bonchev–Trinajstić information content (AvgIpc) is 2.62. The summed E-state index contributed by atoms with van der Waals surface area (Å²) in [5.41, 5.74) is 2.48. The molecular formula is C19H14FN3O. The zero-order chi connectivity index (χ0) is 16.8. The minimum Gasteiger partial charge on any atom is -0.291 e. The number of hydrogen-bond acceptors (Lipinski definition) is 3. The van der Waals surface area contributed by atoms with Crippen LogP contribution in [0, 0.1) is 5.82 Å². The van der Waals surface area contributed by atoms with Gasteiger partial charge < -0.3 is 0 Å². The third kappa shape index (κ3) is 4.10. The Morgan fingerprint density at radius 2 is 1.58 bits per heavy atom. The van der Waals surface area contributed by atoms with E-state index in [1.165, 1.54) is 18.2 Å². The molecule has 0 atom stereocenters. The van der Waals surface area contributed by atoms with E-state index in [2.05, 4.69) is 15.3 Å². The molecule has 118 valence electrons. The van der Waals surface area contributed by atoms with E-state index in [9.17, 15) is 9.18 Å². The number of carbonyl (C=O) groups excluding carboxylic acids is 1. The van der Waals surface area contributed by atoms with E-state index in [4.69, 9.17) is 0 Å². The number of benzene rings is 2. The van der Waals surface area contributed by atoms with Crippen LogP contribution in [0.25, 0.3) is 17.2 Å². The molecule has 0 saturated carbocycles. The molecule has 3 rings (SSSR count). The van der Waals surface area contributed by atoms with Crippen LogP contribution in [-0.2, 0) is 4.79 Å². The van der Waals surface area contributed by atoms with Gasteiger partial charge in [0.05, 0.1) is 0 Å². The summed E-state index contributed by atoms with van der Waals surface area (Å²) in [6.45, 7) is 0. The van der Waals surface area contributed by atoms with Crippen LogP contribution >= 0.6 is 0 Å². The largest absolute Gasteiger partial charge is 0.291 e. The molecule has 4 nitrogen and oxygen atoms in total. The number of aromatic nitrogens is 2. The molecule has 0 fully saturated rings. The Kier molecular flexibility index (Phi) is 4.72. The van der Waals surface area contributed by atoms with Gasteiger partial charge >= 0.3 is 0 Å². The van der Waals surface area contributed by atoms with Crippen molar-refractivity contribution in [3.63, 3.8) is 0 Å². The number of nitrogens with one attached hydrogen (secondary N) is 1. The fraction of sp³-hybridized carbons (Fsp3) is 0. The molecule has 2 aromatic carbocycles. The average molecular weight is 319 g/mol. The minimum absolute atomic E-state index is 0.212. The molecule has 0 aliphatic carbocycles. The van der Waals surface area contributed by atoms with Crippen molar-refractivity contribution in [2.75, 3.05) is 5.32 Å². The lowest BCUT2D eigenvalue weighted by Crippen LogP contribution is -2.10. The normalized spacial score (nSPS) is 10.7. The monoisotopic (exact) mass is 319 g/mol. The van der Waals surface area contributed by atoms with Crippen LogP contribution in [0.1, 0.15) is 5.56 Å². The topological polar surface area (TPSA) is 54.9 Å². The Hall–Kier alpha value is -3.34. The van der Waals surface area contributed by atoms with Crippen LogP contribution < -0.4 is 5.32 Å². The summed E-state index contributed by atoms with van der Waals surface area (Å²) < 4.78 is 12.9. The highest BCUT2D eigenvalue weighted by atomic mass is 19.1. The molecule has 24 heavy (non-hydrogen) atoms. The van der Waals surface area contributed by atoms with Gasteiger partial charge in [0.15, 0.2) is 0 Å². The summed E-state index contributed by atoms with van der Waals surface area (Å²) in [7, 11) is 0. The fourth-order valence-corrected chi connectivity index (χ4v) is 2.07. The first-order chi connectivity index (χ1) is 11.7. The SMILES string of the molecule is O=C(/C=C/c1ccccc1)Nc1ncc(-c2ccc(F)cc2)cn1. The highest BCUT2D eigenvalue weighted by Crippen LogP contribution is 2.18. The second kappa shape index (κ2) is 7.28. The van der Waals surface area contributed by atoms with Gasteiger partial charge in [-0.3, -0.25) is 10.1 Å². The van der Waals surface area contributed by atoms with Gasteiger partial charge in [-0.05, 0) is 29.3 Å². The van der Waals surface area contributed by atoms with Crippen LogP contribution in [0.3, 0.4) is 0 Å². The maximum Gasteiger partial charge on any atom is 0.250 e. The van der Waals surface area contributed by atoms with Gasteiger partial charge in [0.1, 0.15) is 5.82 Å². The van der Waals surface area contributed by atoms with E-state index >= 15 is 0 Å². The number of rotatable bonds is 4. The molecule has 1 amide bonds. The lowest BCUT2D eigenvalue weighted by atomic mass is 10.1. The number of carbonyl (C=O) groups is 1. The van der Waals surface area contributed by atoms with Crippen molar-refractivity contribution in [3.8, 4) is 11.1 Å². The predicted octanol–water partition coefficient (Wildman–Crippen LogP) is 3.93. The van der Waals surface area contributed by atoms with Gasteiger partial charge in [-0.15, -0.1) is 0 Å². The van der Waals surface area contributed by atoms with E-state index in [0.29, 0.717) is 0 Å². The van der Waals surface area contributed by atoms with Crippen molar-refractivity contribution < 1.29 is 9.18 Å². The van der Waals surface area contributed by atoms with Gasteiger partial charge in [0.25, 0.3) is 5.91 Å². The van der Waals surface area contributed by atoms with Crippen LogP contribution in [0.15, 0.2) is 73.1 Å². The molecule has 5 heteroatoms. The lowest BCUT2D eigenvalue weighted by molar-refractivity contribution is -0.111.